The summed E-state index contributed by atoms with van der Waals surface area (Å²) >= 11 is 0. The zero-order valence-electron chi connectivity index (χ0n) is 4.65. The molecule has 2 N–H and O–H groups in total. The van der Waals surface area contributed by atoms with Crippen LogP contribution in [0.4, 0.5) is 0 Å². The Hall–Kier alpha value is -1.13. The molecule has 48 valence electrons. The lowest BCUT2D eigenvalue weighted by molar-refractivity contribution is -0.211. The van der Waals surface area contributed by atoms with Gasteiger partial charge in [-0.1, -0.05) is 4.99 Å². The Balaban J connectivity index is 2.61. The van der Waals surface area contributed by atoms with E-state index in [2.05, 4.69) is 20.8 Å². The van der Waals surface area contributed by atoms with Gasteiger partial charge in [-0.25, -0.2) is 0 Å². The Morgan fingerprint density at radius 1 is 1.56 bits per heavy atom. The molecule has 0 fully saturated rings. The summed E-state index contributed by atoms with van der Waals surface area (Å²) in [5.74, 6) is 5.10. The Labute approximate surface area is 52.1 Å². The highest BCUT2D eigenvalue weighted by molar-refractivity contribution is 5.14. The van der Waals surface area contributed by atoms with E-state index < -0.39 is 0 Å². The summed E-state index contributed by atoms with van der Waals surface area (Å²) in [4.78, 5) is 12.1. The Morgan fingerprint density at radius 2 is 2.44 bits per heavy atom. The van der Waals surface area contributed by atoms with E-state index in [1.807, 2.05) is 0 Å². The van der Waals surface area contributed by atoms with E-state index in [9.17, 15) is 0 Å². The predicted molar refractivity (Wildman–Crippen MR) is 30.1 cm³/mol. The van der Waals surface area contributed by atoms with E-state index in [0.29, 0.717) is 5.75 Å². The molecule has 0 aliphatic rings. The summed E-state index contributed by atoms with van der Waals surface area (Å²) in [6.45, 7) is 0. The van der Waals surface area contributed by atoms with Gasteiger partial charge in [-0.3, -0.25) is 4.98 Å². The fraction of sp³-hybridized carbons (Fsp3) is 0. The molecule has 0 amide bonds. The molecule has 1 rings (SSSR count). The quantitative estimate of drug-likeness (QED) is 0.456. The average Bonchev–Trinajstić information content (AvgIpc) is 1.91. The standard InChI is InChI=1S/C5H6N2O2/c6-9-8-5-2-1-3-7-4-5/h1-4H,6H2. The van der Waals surface area contributed by atoms with Crippen molar-refractivity contribution in [2.45, 2.75) is 0 Å². The topological polar surface area (TPSA) is 57.4 Å². The second kappa shape index (κ2) is 3.01. The largest absolute Gasteiger partial charge is 0.318 e. The first-order chi connectivity index (χ1) is 4.43. The van der Waals surface area contributed by atoms with E-state index in [1.165, 1.54) is 6.20 Å². The summed E-state index contributed by atoms with van der Waals surface area (Å²) in [7, 11) is 0. The number of hydrogen-bond donors (Lipinski definition) is 1. The lowest BCUT2D eigenvalue weighted by Crippen LogP contribution is -2.02. The van der Waals surface area contributed by atoms with Crippen molar-refractivity contribution in [1.29, 1.82) is 0 Å². The molecule has 1 aromatic heterocycles. The molecule has 0 aliphatic heterocycles. The molecular weight excluding hydrogens is 120 g/mol. The van der Waals surface area contributed by atoms with Crippen molar-refractivity contribution in [1.82, 2.24) is 4.98 Å². The van der Waals surface area contributed by atoms with Gasteiger partial charge in [0.05, 0.1) is 6.20 Å². The molecule has 1 heterocycles. The van der Waals surface area contributed by atoms with Crippen molar-refractivity contribution in [2.24, 2.45) is 5.90 Å². The lowest BCUT2D eigenvalue weighted by atomic mass is 10.5. The first kappa shape index (κ1) is 6.00. The van der Waals surface area contributed by atoms with Gasteiger partial charge < -0.3 is 4.89 Å². The maximum absolute atomic E-state index is 4.61. The third kappa shape index (κ3) is 1.67. The molecule has 0 saturated heterocycles. The number of hydrogen-bond acceptors (Lipinski definition) is 4. The van der Waals surface area contributed by atoms with Gasteiger partial charge in [0.1, 0.15) is 0 Å². The molecule has 0 aliphatic carbocycles. The van der Waals surface area contributed by atoms with Crippen LogP contribution in [0.1, 0.15) is 0 Å². The van der Waals surface area contributed by atoms with Crippen molar-refractivity contribution in [3.8, 4) is 5.75 Å². The summed E-state index contributed by atoms with van der Waals surface area (Å²) in [6.07, 6.45) is 3.12. The van der Waals surface area contributed by atoms with Crippen molar-refractivity contribution in [3.63, 3.8) is 0 Å². The van der Waals surface area contributed by atoms with Crippen LogP contribution in [0, 0.1) is 0 Å². The average molecular weight is 126 g/mol. The van der Waals surface area contributed by atoms with E-state index in [-0.39, 0.29) is 0 Å². The smallest absolute Gasteiger partial charge is 0.185 e. The predicted octanol–water partition coefficient (Wildman–Crippen LogP) is 0.266. The highest BCUT2D eigenvalue weighted by atomic mass is 17.3. The maximum Gasteiger partial charge on any atom is 0.185 e. The van der Waals surface area contributed by atoms with Gasteiger partial charge in [0, 0.05) is 6.20 Å². The van der Waals surface area contributed by atoms with E-state index in [1.54, 1.807) is 18.3 Å². The minimum atomic E-state index is 0.486. The SMILES string of the molecule is NOOc1cccnc1. The normalized spacial score (nSPS) is 9.00. The van der Waals surface area contributed by atoms with Crippen LogP contribution >= 0.6 is 0 Å². The van der Waals surface area contributed by atoms with Crippen LogP contribution < -0.4 is 10.8 Å². The monoisotopic (exact) mass is 126 g/mol. The fourth-order valence-corrected chi connectivity index (χ4v) is 0.452. The molecule has 0 spiro atoms. The number of pyridine rings is 1. The van der Waals surface area contributed by atoms with Gasteiger partial charge in [0.25, 0.3) is 0 Å². The molecule has 9 heavy (non-hydrogen) atoms. The third-order valence-electron chi connectivity index (χ3n) is 0.779. The highest BCUT2D eigenvalue weighted by Crippen LogP contribution is 2.04. The van der Waals surface area contributed by atoms with Gasteiger partial charge in [0.15, 0.2) is 5.75 Å². The first-order valence-corrected chi connectivity index (χ1v) is 2.37. The number of aromatic nitrogens is 1. The molecule has 4 nitrogen and oxygen atoms in total. The van der Waals surface area contributed by atoms with Gasteiger partial charge >= 0.3 is 0 Å². The van der Waals surface area contributed by atoms with Crippen LogP contribution in [0.15, 0.2) is 24.5 Å². The Bertz CT molecular complexity index is 166. The van der Waals surface area contributed by atoms with Crippen LogP contribution in [0.5, 0.6) is 5.75 Å². The summed E-state index contributed by atoms with van der Waals surface area (Å²) in [5.41, 5.74) is 0. The molecule has 0 radical (unpaired) electrons. The molecule has 0 atom stereocenters. The highest BCUT2D eigenvalue weighted by Gasteiger charge is 1.87. The van der Waals surface area contributed by atoms with Crippen molar-refractivity contribution in [3.05, 3.63) is 24.5 Å². The minimum absolute atomic E-state index is 0.486. The van der Waals surface area contributed by atoms with Crippen molar-refractivity contribution < 1.29 is 9.88 Å². The van der Waals surface area contributed by atoms with Crippen molar-refractivity contribution >= 4 is 0 Å². The molecule has 0 unspecified atom stereocenters. The van der Waals surface area contributed by atoms with Crippen LogP contribution in [0.25, 0.3) is 0 Å². The zero-order valence-corrected chi connectivity index (χ0v) is 4.65. The second-order valence-electron chi connectivity index (χ2n) is 1.37. The van der Waals surface area contributed by atoms with Crippen LogP contribution in [0.2, 0.25) is 0 Å². The van der Waals surface area contributed by atoms with E-state index >= 15 is 0 Å². The van der Waals surface area contributed by atoms with Gasteiger partial charge in [-0.15, -0.1) is 0 Å². The minimum Gasteiger partial charge on any atom is -0.318 e. The Kier molecular flexibility index (Phi) is 2.00. The van der Waals surface area contributed by atoms with E-state index in [0.717, 1.165) is 0 Å². The first-order valence-electron chi connectivity index (χ1n) is 2.37. The number of nitrogens with two attached hydrogens (primary N) is 1. The zero-order chi connectivity index (χ0) is 6.53. The Morgan fingerprint density at radius 3 is 3.00 bits per heavy atom. The maximum atomic E-state index is 4.61. The number of rotatable bonds is 2. The fourth-order valence-electron chi connectivity index (χ4n) is 0.452. The summed E-state index contributed by atoms with van der Waals surface area (Å²) in [6, 6.07) is 3.40. The van der Waals surface area contributed by atoms with Crippen molar-refractivity contribution in [2.75, 3.05) is 0 Å². The second-order valence-corrected chi connectivity index (χ2v) is 1.37. The van der Waals surface area contributed by atoms with Crippen LogP contribution in [0.3, 0.4) is 0 Å². The third-order valence-corrected chi connectivity index (χ3v) is 0.779. The summed E-state index contributed by atoms with van der Waals surface area (Å²) in [5, 5.41) is 0. The molecule has 0 bridgehead atoms. The molecule has 0 saturated carbocycles. The molecule has 0 aromatic carbocycles. The molecule has 1 aromatic rings. The molecule has 4 heteroatoms. The van der Waals surface area contributed by atoms with Crippen LogP contribution in [-0.2, 0) is 4.99 Å². The van der Waals surface area contributed by atoms with Gasteiger partial charge in [-0.2, -0.15) is 5.90 Å². The summed E-state index contributed by atoms with van der Waals surface area (Å²) < 4.78 is 0. The molecular formula is C5H6N2O2. The number of nitrogens with zero attached hydrogens (tertiary/aromatic N) is 1. The van der Waals surface area contributed by atoms with Gasteiger partial charge in [-0.05, 0) is 12.1 Å². The lowest BCUT2D eigenvalue weighted by Gasteiger charge is -1.95. The van der Waals surface area contributed by atoms with Gasteiger partial charge in [0.2, 0.25) is 0 Å². The van der Waals surface area contributed by atoms with E-state index in [4.69, 9.17) is 0 Å². The van der Waals surface area contributed by atoms with Crippen LogP contribution in [-0.4, -0.2) is 4.98 Å².